The molecule has 0 spiro atoms. The van der Waals surface area contributed by atoms with E-state index in [0.29, 0.717) is 0 Å². The largest absolute Gasteiger partial charge is 0.456 e. The number of nitrogens with zero attached hydrogens (tertiary/aromatic N) is 1. The van der Waals surface area contributed by atoms with E-state index in [1.807, 2.05) is 35.6 Å². The lowest BCUT2D eigenvalue weighted by atomic mass is 10.1. The summed E-state index contributed by atoms with van der Waals surface area (Å²) in [6, 6.07) is 49.5. The van der Waals surface area contributed by atoms with Crippen LogP contribution >= 0.6 is 11.3 Å². The van der Waals surface area contributed by atoms with Gasteiger partial charge in [0.1, 0.15) is 22.3 Å². The third kappa shape index (κ3) is 3.43. The highest BCUT2D eigenvalue weighted by atomic mass is 32.1. The zero-order valence-corrected chi connectivity index (χ0v) is 24.3. The van der Waals surface area contributed by atoms with Crippen LogP contribution in [0.2, 0.25) is 0 Å². The number of hydrogen-bond acceptors (Lipinski definition) is 4. The molecule has 7 aromatic carbocycles. The van der Waals surface area contributed by atoms with Crippen molar-refractivity contribution in [2.45, 2.75) is 0 Å². The summed E-state index contributed by atoms with van der Waals surface area (Å²) in [7, 11) is 0. The highest BCUT2D eigenvalue weighted by molar-refractivity contribution is 7.26. The van der Waals surface area contributed by atoms with Gasteiger partial charge in [0.05, 0.1) is 10.4 Å². The molecule has 0 aliphatic carbocycles. The van der Waals surface area contributed by atoms with E-state index in [0.717, 1.165) is 60.9 Å². The van der Waals surface area contributed by atoms with E-state index in [2.05, 4.69) is 120 Å². The second-order valence-corrected chi connectivity index (χ2v) is 12.4. The van der Waals surface area contributed by atoms with E-state index < -0.39 is 0 Å². The molecule has 0 radical (unpaired) electrons. The molecule has 44 heavy (non-hydrogen) atoms. The van der Waals surface area contributed by atoms with Crippen LogP contribution in [0.15, 0.2) is 148 Å². The van der Waals surface area contributed by atoms with Gasteiger partial charge in [0, 0.05) is 54.5 Å². The van der Waals surface area contributed by atoms with Crippen molar-refractivity contribution >= 4 is 103 Å². The van der Waals surface area contributed by atoms with E-state index >= 15 is 0 Å². The maximum Gasteiger partial charge on any atom is 0.137 e. The molecule has 0 amide bonds. The van der Waals surface area contributed by atoms with Crippen LogP contribution in [0.25, 0.3) is 74.8 Å². The van der Waals surface area contributed by atoms with Crippen molar-refractivity contribution in [2.75, 3.05) is 4.90 Å². The Morgan fingerprint density at radius 2 is 1.02 bits per heavy atom. The van der Waals surface area contributed by atoms with Gasteiger partial charge in [-0.1, -0.05) is 72.8 Å². The summed E-state index contributed by atoms with van der Waals surface area (Å²) in [6.45, 7) is 0. The number of anilines is 3. The highest BCUT2D eigenvalue weighted by Gasteiger charge is 2.21. The molecule has 0 fully saturated rings. The van der Waals surface area contributed by atoms with Gasteiger partial charge in [-0.15, -0.1) is 11.3 Å². The molecule has 3 heterocycles. The fourth-order valence-corrected chi connectivity index (χ4v) is 8.02. The van der Waals surface area contributed by atoms with Crippen LogP contribution in [-0.2, 0) is 0 Å². The van der Waals surface area contributed by atoms with Crippen LogP contribution in [0.3, 0.4) is 0 Å². The Bertz CT molecular complexity index is 2750. The van der Waals surface area contributed by atoms with Gasteiger partial charge in [0.2, 0.25) is 0 Å². The number of thiophene rings is 1. The molecule has 0 saturated carbocycles. The lowest BCUT2D eigenvalue weighted by Gasteiger charge is -2.26. The fraction of sp³-hybridized carbons (Fsp3) is 0. The van der Waals surface area contributed by atoms with Crippen LogP contribution in [-0.4, -0.2) is 0 Å². The molecule has 3 aromatic heterocycles. The minimum atomic E-state index is 0.873. The Hall–Kier alpha value is -5.58. The summed E-state index contributed by atoms with van der Waals surface area (Å²) in [6.07, 6.45) is 0. The van der Waals surface area contributed by atoms with Crippen LogP contribution in [0.5, 0.6) is 0 Å². The summed E-state index contributed by atoms with van der Waals surface area (Å²) in [5.41, 5.74) is 6.79. The van der Waals surface area contributed by atoms with E-state index in [1.54, 1.807) is 0 Å². The van der Waals surface area contributed by atoms with Crippen molar-refractivity contribution in [3.05, 3.63) is 140 Å². The highest BCUT2D eigenvalue weighted by Crippen LogP contribution is 2.47. The quantitative estimate of drug-likeness (QED) is 0.208. The molecule has 206 valence electrons. The normalized spacial score (nSPS) is 12.1. The van der Waals surface area contributed by atoms with Gasteiger partial charge in [-0.05, 0) is 71.4 Å². The van der Waals surface area contributed by atoms with E-state index in [-0.39, 0.29) is 0 Å². The number of rotatable bonds is 3. The fourth-order valence-electron chi connectivity index (χ4n) is 6.78. The number of fused-ring (bicyclic) bond motifs is 10. The molecule has 4 heteroatoms. The molecule has 0 aliphatic heterocycles. The zero-order chi connectivity index (χ0) is 28.8. The second-order valence-electron chi connectivity index (χ2n) is 11.3. The second kappa shape index (κ2) is 8.96. The topological polar surface area (TPSA) is 29.5 Å². The maximum atomic E-state index is 6.37. The van der Waals surface area contributed by atoms with Crippen LogP contribution in [0.4, 0.5) is 17.1 Å². The molecule has 10 rings (SSSR count). The molecule has 0 unspecified atom stereocenters. The number of benzene rings is 7. The van der Waals surface area contributed by atoms with E-state index in [9.17, 15) is 0 Å². The van der Waals surface area contributed by atoms with Crippen molar-refractivity contribution in [3.63, 3.8) is 0 Å². The van der Waals surface area contributed by atoms with Crippen molar-refractivity contribution in [1.82, 2.24) is 0 Å². The molecule has 0 bridgehead atoms. The van der Waals surface area contributed by atoms with Gasteiger partial charge < -0.3 is 13.7 Å². The Morgan fingerprint density at radius 1 is 0.409 bits per heavy atom. The van der Waals surface area contributed by atoms with E-state index in [1.165, 1.54) is 30.9 Å². The molecule has 0 saturated heterocycles. The average Bonchev–Trinajstić information content (AvgIpc) is 3.74. The van der Waals surface area contributed by atoms with Crippen LogP contribution in [0, 0.1) is 0 Å². The van der Waals surface area contributed by atoms with E-state index in [4.69, 9.17) is 8.83 Å². The van der Waals surface area contributed by atoms with Gasteiger partial charge in [0.25, 0.3) is 0 Å². The van der Waals surface area contributed by atoms with Crippen LogP contribution < -0.4 is 4.90 Å². The monoisotopic (exact) mass is 581 g/mol. The lowest BCUT2D eigenvalue weighted by molar-refractivity contribution is 0.668. The zero-order valence-electron chi connectivity index (χ0n) is 23.5. The third-order valence-corrected chi connectivity index (χ3v) is 10.0. The maximum absolute atomic E-state index is 6.37. The van der Waals surface area contributed by atoms with Crippen molar-refractivity contribution in [1.29, 1.82) is 0 Å². The standard InChI is InChI=1S/C40H23NO2S/c1-2-9-25-21-39-33(20-24(25)8-1)31-12-7-13-34(40(31)44-39)41(26-17-19-37-32(22-26)29-11-4-6-15-36(29)42-37)27-16-18-30-28-10-3-5-14-35(28)43-38(30)23-27/h1-23H. The van der Waals surface area contributed by atoms with Gasteiger partial charge in [-0.3, -0.25) is 0 Å². The van der Waals surface area contributed by atoms with Gasteiger partial charge in [-0.25, -0.2) is 0 Å². The van der Waals surface area contributed by atoms with Crippen LogP contribution in [0.1, 0.15) is 0 Å². The molecular formula is C40H23NO2S. The molecule has 3 nitrogen and oxygen atoms in total. The summed E-state index contributed by atoms with van der Waals surface area (Å²) in [5, 5.41) is 9.53. The summed E-state index contributed by atoms with van der Waals surface area (Å²) in [4.78, 5) is 2.37. The summed E-state index contributed by atoms with van der Waals surface area (Å²) in [5.74, 6) is 0. The number of para-hydroxylation sites is 2. The van der Waals surface area contributed by atoms with Crippen molar-refractivity contribution in [2.24, 2.45) is 0 Å². The molecule has 0 N–H and O–H groups in total. The first kappa shape index (κ1) is 23.9. The number of hydrogen-bond donors (Lipinski definition) is 0. The first-order valence-electron chi connectivity index (χ1n) is 14.8. The predicted octanol–water partition coefficient (Wildman–Crippen LogP) is 12.5. The summed E-state index contributed by atoms with van der Waals surface area (Å²) < 4.78 is 15.1. The number of furan rings is 2. The molecule has 10 aromatic rings. The van der Waals surface area contributed by atoms with Gasteiger partial charge in [-0.2, -0.15) is 0 Å². The first-order valence-corrected chi connectivity index (χ1v) is 15.6. The van der Waals surface area contributed by atoms with Crippen molar-refractivity contribution in [3.8, 4) is 0 Å². The Morgan fingerprint density at radius 3 is 1.86 bits per heavy atom. The Kier molecular flexibility index (Phi) is 4.87. The van der Waals surface area contributed by atoms with Gasteiger partial charge >= 0.3 is 0 Å². The van der Waals surface area contributed by atoms with Gasteiger partial charge in [0.15, 0.2) is 0 Å². The Balaban J connectivity index is 1.27. The predicted molar refractivity (Wildman–Crippen MR) is 186 cm³/mol. The smallest absolute Gasteiger partial charge is 0.137 e. The SMILES string of the molecule is c1ccc2cc3c(cc2c1)sc1c(N(c2ccc4c(c2)oc2ccccc24)c2ccc4oc5ccccc5c4c2)cccc13. The Labute approximate surface area is 255 Å². The minimum Gasteiger partial charge on any atom is -0.456 e. The average molecular weight is 582 g/mol. The summed E-state index contributed by atoms with van der Waals surface area (Å²) >= 11 is 1.85. The van der Waals surface area contributed by atoms with Crippen molar-refractivity contribution < 1.29 is 8.83 Å². The third-order valence-electron chi connectivity index (χ3n) is 8.82. The minimum absolute atomic E-state index is 0.873. The first-order chi connectivity index (χ1) is 21.8. The molecule has 0 atom stereocenters. The molecule has 0 aliphatic rings. The lowest BCUT2D eigenvalue weighted by Crippen LogP contribution is -2.10. The molecular weight excluding hydrogens is 559 g/mol.